The van der Waals surface area contributed by atoms with Crippen molar-refractivity contribution in [2.45, 2.75) is 6.42 Å². The summed E-state index contributed by atoms with van der Waals surface area (Å²) in [7, 11) is -2.93. The van der Waals surface area contributed by atoms with Crippen LogP contribution in [0.5, 0.6) is 5.75 Å². The van der Waals surface area contributed by atoms with Crippen LogP contribution in [0.1, 0.15) is 5.56 Å². The summed E-state index contributed by atoms with van der Waals surface area (Å²) in [5, 5.41) is 8.65. The Balaban J connectivity index is 2.73. The Hall–Kier alpha value is -0.830. The molecule has 0 aliphatic rings. The van der Waals surface area contributed by atoms with E-state index in [4.69, 9.17) is 10.00 Å². The van der Waals surface area contributed by atoms with Gasteiger partial charge in [-0.15, -0.1) is 0 Å². The van der Waals surface area contributed by atoms with Crippen molar-refractivity contribution in [1.29, 1.82) is 0 Å². The van der Waals surface area contributed by atoms with Crippen molar-refractivity contribution in [2.24, 2.45) is 0 Å². The van der Waals surface area contributed by atoms with Gasteiger partial charge in [0, 0.05) is 6.61 Å². The van der Waals surface area contributed by atoms with Crippen molar-refractivity contribution < 1.29 is 19.1 Å². The van der Waals surface area contributed by atoms with Gasteiger partial charge in [0.25, 0.3) is 0 Å². The third-order valence-corrected chi connectivity index (χ3v) is 1.91. The summed E-state index contributed by atoms with van der Waals surface area (Å²) in [6, 6.07) is 6.76. The van der Waals surface area contributed by atoms with E-state index in [-0.39, 0.29) is 6.61 Å². The third-order valence-electron chi connectivity index (χ3n) is 1.50. The molecule has 2 N–H and O–H groups in total. The summed E-state index contributed by atoms with van der Waals surface area (Å²) in [5.74, 6) is 0.359. The van der Waals surface area contributed by atoms with E-state index in [0.717, 1.165) is 5.56 Å². The van der Waals surface area contributed by atoms with Crippen molar-refractivity contribution in [2.75, 3.05) is 6.61 Å². The Labute approximate surface area is 76.7 Å². The van der Waals surface area contributed by atoms with Crippen molar-refractivity contribution in [1.82, 2.24) is 0 Å². The molecular weight excluding hydrogens is 191 g/mol. The SMILES string of the molecule is O=[PH](O)Oc1cccc(CCO)c1. The zero-order chi connectivity index (χ0) is 9.68. The van der Waals surface area contributed by atoms with Crippen molar-refractivity contribution in [3.05, 3.63) is 29.8 Å². The summed E-state index contributed by atoms with van der Waals surface area (Å²) in [4.78, 5) is 8.50. The molecule has 0 spiro atoms. The standard InChI is InChI=1S/C8H11O4P/c9-5-4-7-2-1-3-8(6-7)12-13(10)11/h1-3,6,9,13H,4-5H2,(H,10,11). The second-order valence-corrected chi connectivity index (χ2v) is 3.22. The molecule has 0 aliphatic carbocycles. The number of benzene rings is 1. The largest absolute Gasteiger partial charge is 0.426 e. The van der Waals surface area contributed by atoms with Gasteiger partial charge in [-0.1, -0.05) is 12.1 Å². The van der Waals surface area contributed by atoms with Gasteiger partial charge in [-0.3, -0.25) is 0 Å². The second-order valence-electron chi connectivity index (χ2n) is 2.49. The predicted octanol–water partition coefficient (Wildman–Crippen LogP) is 0.982. The number of aliphatic hydroxyl groups excluding tert-OH is 1. The van der Waals surface area contributed by atoms with Crippen LogP contribution >= 0.6 is 8.25 Å². The number of rotatable bonds is 4. The molecule has 0 fully saturated rings. The predicted molar refractivity (Wildman–Crippen MR) is 49.1 cm³/mol. The molecule has 0 amide bonds. The van der Waals surface area contributed by atoms with Crippen LogP contribution in [0.4, 0.5) is 0 Å². The van der Waals surface area contributed by atoms with Crippen LogP contribution in [0.15, 0.2) is 24.3 Å². The molecule has 0 saturated heterocycles. The zero-order valence-corrected chi connectivity index (χ0v) is 7.93. The fraction of sp³-hybridized carbons (Fsp3) is 0.250. The number of aliphatic hydroxyl groups is 1. The van der Waals surface area contributed by atoms with Gasteiger partial charge in [-0.2, -0.15) is 0 Å². The van der Waals surface area contributed by atoms with E-state index in [0.29, 0.717) is 12.2 Å². The first-order chi connectivity index (χ1) is 6.22. The molecule has 0 radical (unpaired) electrons. The molecule has 4 nitrogen and oxygen atoms in total. The number of hydrogen-bond donors (Lipinski definition) is 2. The van der Waals surface area contributed by atoms with Gasteiger partial charge in [0.15, 0.2) is 0 Å². The van der Waals surface area contributed by atoms with Crippen molar-refractivity contribution >= 4 is 8.25 Å². The highest BCUT2D eigenvalue weighted by Gasteiger charge is 1.98. The third kappa shape index (κ3) is 3.59. The van der Waals surface area contributed by atoms with Gasteiger partial charge < -0.3 is 14.5 Å². The van der Waals surface area contributed by atoms with E-state index in [1.165, 1.54) is 0 Å². The average Bonchev–Trinajstić information content (AvgIpc) is 2.04. The minimum Gasteiger partial charge on any atom is -0.426 e. The summed E-state index contributed by atoms with van der Waals surface area (Å²) >= 11 is 0. The first-order valence-corrected chi connectivity index (χ1v) is 5.09. The molecule has 0 heterocycles. The lowest BCUT2D eigenvalue weighted by Crippen LogP contribution is -1.90. The maximum absolute atomic E-state index is 10.4. The van der Waals surface area contributed by atoms with Gasteiger partial charge >= 0.3 is 8.25 Å². The van der Waals surface area contributed by atoms with E-state index < -0.39 is 8.25 Å². The lowest BCUT2D eigenvalue weighted by molar-refractivity contribution is 0.299. The second kappa shape index (κ2) is 5.02. The summed E-state index contributed by atoms with van der Waals surface area (Å²) in [6.07, 6.45) is 0.517. The van der Waals surface area contributed by atoms with E-state index >= 15 is 0 Å². The average molecular weight is 202 g/mol. The van der Waals surface area contributed by atoms with Crippen LogP contribution in [0.2, 0.25) is 0 Å². The minimum atomic E-state index is -2.93. The highest BCUT2D eigenvalue weighted by Crippen LogP contribution is 2.23. The molecule has 1 rings (SSSR count). The Morgan fingerprint density at radius 3 is 2.85 bits per heavy atom. The van der Waals surface area contributed by atoms with E-state index in [1.54, 1.807) is 18.2 Å². The van der Waals surface area contributed by atoms with E-state index in [1.807, 2.05) is 6.07 Å². The Kier molecular flexibility index (Phi) is 3.96. The summed E-state index contributed by atoms with van der Waals surface area (Å²) < 4.78 is 15.0. The molecular formula is C8H11O4P. The molecule has 5 heteroatoms. The smallest absolute Gasteiger partial charge is 0.365 e. The maximum atomic E-state index is 10.4. The monoisotopic (exact) mass is 202 g/mol. The molecule has 1 atom stereocenters. The lowest BCUT2D eigenvalue weighted by atomic mass is 10.1. The summed E-state index contributed by atoms with van der Waals surface area (Å²) in [6.45, 7) is 0.0533. The molecule has 0 bridgehead atoms. The molecule has 1 aromatic rings. The van der Waals surface area contributed by atoms with Crippen LogP contribution in [0.3, 0.4) is 0 Å². The van der Waals surface area contributed by atoms with Gasteiger partial charge in [-0.25, -0.2) is 4.57 Å². The fourth-order valence-corrected chi connectivity index (χ4v) is 1.32. The van der Waals surface area contributed by atoms with Crippen LogP contribution in [0.25, 0.3) is 0 Å². The highest BCUT2D eigenvalue weighted by molar-refractivity contribution is 7.32. The molecule has 0 saturated carbocycles. The topological polar surface area (TPSA) is 66.8 Å². The molecule has 0 aliphatic heterocycles. The van der Waals surface area contributed by atoms with E-state index in [9.17, 15) is 4.57 Å². The van der Waals surface area contributed by atoms with Crippen molar-refractivity contribution in [3.8, 4) is 5.75 Å². The van der Waals surface area contributed by atoms with E-state index in [2.05, 4.69) is 4.52 Å². The first kappa shape index (κ1) is 10.3. The molecule has 0 aromatic heterocycles. The Morgan fingerprint density at radius 2 is 2.23 bits per heavy atom. The fourth-order valence-electron chi connectivity index (χ4n) is 0.994. The van der Waals surface area contributed by atoms with Crippen LogP contribution in [-0.4, -0.2) is 16.6 Å². The molecule has 1 unspecified atom stereocenters. The lowest BCUT2D eigenvalue weighted by Gasteiger charge is -2.03. The maximum Gasteiger partial charge on any atom is 0.365 e. The minimum absolute atomic E-state index is 0.0533. The molecule has 1 aromatic carbocycles. The first-order valence-electron chi connectivity index (χ1n) is 3.83. The van der Waals surface area contributed by atoms with Crippen LogP contribution < -0.4 is 4.52 Å². The Bertz CT molecular complexity index is 300. The van der Waals surface area contributed by atoms with Crippen LogP contribution in [-0.2, 0) is 11.0 Å². The quantitative estimate of drug-likeness (QED) is 0.714. The highest BCUT2D eigenvalue weighted by atomic mass is 31.1. The summed E-state index contributed by atoms with van der Waals surface area (Å²) in [5.41, 5.74) is 0.878. The molecule has 13 heavy (non-hydrogen) atoms. The van der Waals surface area contributed by atoms with Gasteiger partial charge in [0.1, 0.15) is 5.75 Å². The normalized spacial score (nSPS) is 12.5. The van der Waals surface area contributed by atoms with Gasteiger partial charge in [-0.05, 0) is 24.1 Å². The number of hydrogen-bond acceptors (Lipinski definition) is 3. The molecule has 72 valence electrons. The van der Waals surface area contributed by atoms with Gasteiger partial charge in [0.2, 0.25) is 0 Å². The Morgan fingerprint density at radius 1 is 1.46 bits per heavy atom. The van der Waals surface area contributed by atoms with Crippen LogP contribution in [0, 0.1) is 0 Å². The zero-order valence-electron chi connectivity index (χ0n) is 6.93. The van der Waals surface area contributed by atoms with Gasteiger partial charge in [0.05, 0.1) is 0 Å². The van der Waals surface area contributed by atoms with Crippen molar-refractivity contribution in [3.63, 3.8) is 0 Å².